The lowest BCUT2D eigenvalue weighted by Gasteiger charge is -2.22. The number of halogens is 1. The van der Waals surface area contributed by atoms with Crippen LogP contribution in [0.25, 0.3) is 6.08 Å². The highest BCUT2D eigenvalue weighted by Crippen LogP contribution is 2.11. The van der Waals surface area contributed by atoms with Crippen molar-refractivity contribution in [1.29, 1.82) is 0 Å². The molecule has 1 amide bonds. The van der Waals surface area contributed by atoms with E-state index in [1.807, 2.05) is 31.1 Å². The van der Waals surface area contributed by atoms with Crippen molar-refractivity contribution in [3.05, 3.63) is 40.9 Å². The van der Waals surface area contributed by atoms with Gasteiger partial charge >= 0.3 is 5.97 Å². The minimum absolute atomic E-state index is 0.134. The largest absolute Gasteiger partial charge is 0.469 e. The smallest absolute Gasteiger partial charge is 0.307 e. The summed E-state index contributed by atoms with van der Waals surface area (Å²) >= 11 is 5.83. The fraction of sp³-hybridized carbons (Fsp3) is 0.412. The van der Waals surface area contributed by atoms with Gasteiger partial charge in [0.2, 0.25) is 5.91 Å². The summed E-state index contributed by atoms with van der Waals surface area (Å²) in [5.74, 6) is -0.458. The highest BCUT2D eigenvalue weighted by molar-refractivity contribution is 6.30. The Morgan fingerprint density at radius 2 is 1.78 bits per heavy atom. The average Bonchev–Trinajstić information content (AvgIpc) is 2.53. The normalized spacial score (nSPS) is 11.0. The molecule has 0 spiro atoms. The molecule has 0 atom stereocenters. The molecule has 0 unspecified atom stereocenters. The molecular formula is C17H23ClN2O3. The maximum Gasteiger partial charge on any atom is 0.307 e. The van der Waals surface area contributed by atoms with E-state index in [1.165, 1.54) is 13.2 Å². The molecule has 1 rings (SSSR count). The summed E-state index contributed by atoms with van der Waals surface area (Å²) < 4.78 is 4.63. The maximum atomic E-state index is 12.3. The highest BCUT2D eigenvalue weighted by atomic mass is 35.5. The maximum absolute atomic E-state index is 12.3. The van der Waals surface area contributed by atoms with E-state index in [9.17, 15) is 9.59 Å². The summed E-state index contributed by atoms with van der Waals surface area (Å²) in [6, 6.07) is 7.22. The summed E-state index contributed by atoms with van der Waals surface area (Å²) in [5.41, 5.74) is 0.892. The molecule has 23 heavy (non-hydrogen) atoms. The molecule has 0 N–H and O–H groups in total. The van der Waals surface area contributed by atoms with E-state index in [0.717, 1.165) is 12.1 Å². The number of likely N-dealkylation sites (N-methyl/N-ethyl adjacent to an activating group) is 1. The van der Waals surface area contributed by atoms with Gasteiger partial charge in [-0.15, -0.1) is 0 Å². The molecule has 0 bridgehead atoms. The van der Waals surface area contributed by atoms with Crippen molar-refractivity contribution in [2.75, 3.05) is 40.8 Å². The standard InChI is InChI=1S/C17H23ClN2O3/c1-19(2)12-13-20(11-10-17(22)23-3)16(21)9-6-14-4-7-15(18)8-5-14/h4-9H,10-13H2,1-3H3/b9-6+. The van der Waals surface area contributed by atoms with E-state index in [2.05, 4.69) is 4.74 Å². The number of methoxy groups -OCH3 is 1. The molecule has 6 heteroatoms. The molecule has 0 fully saturated rings. The van der Waals surface area contributed by atoms with Crippen LogP contribution in [0.3, 0.4) is 0 Å². The minimum atomic E-state index is -0.325. The number of rotatable bonds is 8. The van der Waals surface area contributed by atoms with Crippen molar-refractivity contribution in [1.82, 2.24) is 9.80 Å². The van der Waals surface area contributed by atoms with Crippen LogP contribution in [0.5, 0.6) is 0 Å². The number of esters is 1. The number of carbonyl (C=O) groups is 2. The van der Waals surface area contributed by atoms with Gasteiger partial charge in [-0.25, -0.2) is 0 Å². The summed E-state index contributed by atoms with van der Waals surface area (Å²) in [5, 5.41) is 0.652. The molecule has 1 aromatic carbocycles. The van der Waals surface area contributed by atoms with Crippen LogP contribution >= 0.6 is 11.6 Å². The van der Waals surface area contributed by atoms with Crippen molar-refractivity contribution in [3.63, 3.8) is 0 Å². The minimum Gasteiger partial charge on any atom is -0.469 e. The Kier molecular flexibility index (Phi) is 8.37. The lowest BCUT2D eigenvalue weighted by atomic mass is 10.2. The van der Waals surface area contributed by atoms with Gasteiger partial charge < -0.3 is 14.5 Å². The molecule has 1 aromatic rings. The Labute approximate surface area is 142 Å². The van der Waals surface area contributed by atoms with E-state index in [4.69, 9.17) is 11.6 Å². The zero-order valence-electron chi connectivity index (χ0n) is 13.8. The number of amides is 1. The van der Waals surface area contributed by atoms with Crippen molar-refractivity contribution in [2.24, 2.45) is 0 Å². The van der Waals surface area contributed by atoms with E-state index in [0.29, 0.717) is 18.1 Å². The second kappa shape index (κ2) is 10.0. The molecule has 0 aliphatic carbocycles. The monoisotopic (exact) mass is 338 g/mol. The van der Waals surface area contributed by atoms with E-state index < -0.39 is 0 Å². The van der Waals surface area contributed by atoms with Gasteiger partial charge in [0, 0.05) is 30.7 Å². The number of hydrogen-bond acceptors (Lipinski definition) is 4. The van der Waals surface area contributed by atoms with Crippen molar-refractivity contribution < 1.29 is 14.3 Å². The van der Waals surface area contributed by atoms with Gasteiger partial charge in [-0.2, -0.15) is 0 Å². The molecule has 0 aliphatic rings. The first-order chi connectivity index (χ1) is 10.9. The van der Waals surface area contributed by atoms with Crippen LogP contribution < -0.4 is 0 Å². The zero-order valence-corrected chi connectivity index (χ0v) is 14.5. The van der Waals surface area contributed by atoms with Gasteiger partial charge in [-0.05, 0) is 37.9 Å². The van der Waals surface area contributed by atoms with Crippen LogP contribution in [-0.4, -0.2) is 62.5 Å². The highest BCUT2D eigenvalue weighted by Gasteiger charge is 2.13. The number of carbonyl (C=O) groups excluding carboxylic acids is 2. The van der Waals surface area contributed by atoms with Crippen LogP contribution in [-0.2, 0) is 14.3 Å². The van der Waals surface area contributed by atoms with Crippen LogP contribution in [0.15, 0.2) is 30.3 Å². The molecule has 0 aromatic heterocycles. The third-order valence-corrected chi connectivity index (χ3v) is 3.48. The van der Waals surface area contributed by atoms with E-state index in [1.54, 1.807) is 23.1 Å². The Morgan fingerprint density at radius 1 is 1.13 bits per heavy atom. The molecule has 126 valence electrons. The van der Waals surface area contributed by atoms with Crippen molar-refractivity contribution in [3.8, 4) is 0 Å². The Morgan fingerprint density at radius 3 is 2.35 bits per heavy atom. The average molecular weight is 339 g/mol. The van der Waals surface area contributed by atoms with Crippen LogP contribution in [0.1, 0.15) is 12.0 Å². The van der Waals surface area contributed by atoms with Gasteiger partial charge in [0.1, 0.15) is 0 Å². The molecule has 0 aliphatic heterocycles. The Hall–Kier alpha value is -1.85. The first-order valence-electron chi connectivity index (χ1n) is 7.36. The Balaban J connectivity index is 2.68. The zero-order chi connectivity index (χ0) is 17.2. The number of ether oxygens (including phenoxy) is 1. The van der Waals surface area contributed by atoms with Crippen LogP contribution in [0.4, 0.5) is 0 Å². The van der Waals surface area contributed by atoms with Crippen LogP contribution in [0, 0.1) is 0 Å². The molecule has 0 radical (unpaired) electrons. The molecular weight excluding hydrogens is 316 g/mol. The second-order valence-electron chi connectivity index (χ2n) is 5.34. The predicted octanol–water partition coefficient (Wildman–Crippen LogP) is 2.31. The lowest BCUT2D eigenvalue weighted by molar-refractivity contribution is -0.141. The third kappa shape index (κ3) is 7.81. The SMILES string of the molecule is COC(=O)CCN(CCN(C)C)C(=O)/C=C/c1ccc(Cl)cc1. The third-order valence-electron chi connectivity index (χ3n) is 3.23. The summed E-state index contributed by atoms with van der Waals surface area (Å²) in [7, 11) is 5.22. The number of nitrogens with zero attached hydrogens (tertiary/aromatic N) is 2. The van der Waals surface area contributed by atoms with Gasteiger partial charge in [0.25, 0.3) is 0 Å². The summed E-state index contributed by atoms with van der Waals surface area (Å²) in [6.07, 6.45) is 3.43. The topological polar surface area (TPSA) is 49.9 Å². The summed E-state index contributed by atoms with van der Waals surface area (Å²) in [6.45, 7) is 1.61. The van der Waals surface area contributed by atoms with Gasteiger partial charge in [-0.1, -0.05) is 23.7 Å². The molecule has 0 saturated heterocycles. The lowest BCUT2D eigenvalue weighted by Crippen LogP contribution is -2.37. The summed E-state index contributed by atoms with van der Waals surface area (Å²) in [4.78, 5) is 27.3. The van der Waals surface area contributed by atoms with Gasteiger partial charge in [0.15, 0.2) is 0 Å². The molecule has 0 saturated carbocycles. The molecule has 0 heterocycles. The Bertz CT molecular complexity index is 541. The van der Waals surface area contributed by atoms with E-state index in [-0.39, 0.29) is 18.3 Å². The quantitative estimate of drug-likeness (QED) is 0.539. The van der Waals surface area contributed by atoms with Crippen molar-refractivity contribution >= 4 is 29.6 Å². The van der Waals surface area contributed by atoms with Gasteiger partial charge in [0.05, 0.1) is 13.5 Å². The fourth-order valence-electron chi connectivity index (χ4n) is 1.83. The van der Waals surface area contributed by atoms with Crippen molar-refractivity contribution in [2.45, 2.75) is 6.42 Å². The second-order valence-corrected chi connectivity index (χ2v) is 5.78. The number of benzene rings is 1. The van der Waals surface area contributed by atoms with Crippen LogP contribution in [0.2, 0.25) is 5.02 Å². The fourth-order valence-corrected chi connectivity index (χ4v) is 1.95. The van der Waals surface area contributed by atoms with E-state index >= 15 is 0 Å². The first-order valence-corrected chi connectivity index (χ1v) is 7.74. The number of hydrogen-bond donors (Lipinski definition) is 0. The predicted molar refractivity (Wildman–Crippen MR) is 92.3 cm³/mol. The van der Waals surface area contributed by atoms with Gasteiger partial charge in [-0.3, -0.25) is 9.59 Å². The molecule has 5 nitrogen and oxygen atoms in total. The first kappa shape index (κ1) is 19.2.